The van der Waals surface area contributed by atoms with Gasteiger partial charge >= 0.3 is 10.1 Å². The SMILES string of the molecule is CCCCS(=O)(=O)Oc1ccccc1OCC1CO1. The first-order valence-electron chi connectivity index (χ1n) is 6.36. The zero-order valence-electron chi connectivity index (χ0n) is 10.9. The van der Waals surface area contributed by atoms with E-state index >= 15 is 0 Å². The molecule has 0 spiro atoms. The molecule has 6 heteroatoms. The quantitative estimate of drug-likeness (QED) is 0.540. The Kier molecular flexibility index (Phi) is 4.66. The number of unbranched alkanes of at least 4 members (excludes halogenated alkanes) is 1. The van der Waals surface area contributed by atoms with Gasteiger partial charge in [0.05, 0.1) is 12.4 Å². The zero-order chi connectivity index (χ0) is 13.7. The normalized spacial score (nSPS) is 18.1. The maximum Gasteiger partial charge on any atom is 0.309 e. The second-order valence-corrected chi connectivity index (χ2v) is 6.10. The van der Waals surface area contributed by atoms with Crippen LogP contribution in [0.3, 0.4) is 0 Å². The van der Waals surface area contributed by atoms with Gasteiger partial charge in [-0.3, -0.25) is 0 Å². The Balaban J connectivity index is 2.01. The number of epoxide rings is 1. The summed E-state index contributed by atoms with van der Waals surface area (Å²) in [5.74, 6) is 0.682. The van der Waals surface area contributed by atoms with E-state index < -0.39 is 10.1 Å². The van der Waals surface area contributed by atoms with Crippen molar-refractivity contribution in [2.75, 3.05) is 19.0 Å². The Morgan fingerprint density at radius 3 is 2.63 bits per heavy atom. The summed E-state index contributed by atoms with van der Waals surface area (Å²) in [6, 6.07) is 6.76. The lowest BCUT2D eigenvalue weighted by Gasteiger charge is -2.11. The summed E-state index contributed by atoms with van der Waals surface area (Å²) in [7, 11) is -3.55. The molecular formula is C13H18O5S. The minimum Gasteiger partial charge on any atom is -0.487 e. The summed E-state index contributed by atoms with van der Waals surface area (Å²) in [5, 5.41) is 0. The smallest absolute Gasteiger partial charge is 0.309 e. The van der Waals surface area contributed by atoms with Gasteiger partial charge in [-0.25, -0.2) is 0 Å². The molecule has 1 unspecified atom stereocenters. The van der Waals surface area contributed by atoms with Crippen LogP contribution >= 0.6 is 0 Å². The highest BCUT2D eigenvalue weighted by Gasteiger charge is 2.24. The summed E-state index contributed by atoms with van der Waals surface area (Å²) >= 11 is 0. The van der Waals surface area contributed by atoms with E-state index in [0.29, 0.717) is 25.4 Å². The third-order valence-corrected chi connectivity index (χ3v) is 3.86. The van der Waals surface area contributed by atoms with E-state index in [0.717, 1.165) is 6.42 Å². The molecule has 0 amide bonds. The molecule has 0 N–H and O–H groups in total. The van der Waals surface area contributed by atoms with Gasteiger partial charge in [0.1, 0.15) is 12.7 Å². The van der Waals surface area contributed by atoms with Crippen molar-refractivity contribution in [3.63, 3.8) is 0 Å². The van der Waals surface area contributed by atoms with Crippen LogP contribution in [0.2, 0.25) is 0 Å². The van der Waals surface area contributed by atoms with Crippen molar-refractivity contribution < 1.29 is 22.1 Å². The van der Waals surface area contributed by atoms with Gasteiger partial charge in [0.25, 0.3) is 0 Å². The first kappa shape index (κ1) is 14.1. The van der Waals surface area contributed by atoms with Gasteiger partial charge in [-0.05, 0) is 18.6 Å². The van der Waals surface area contributed by atoms with Crippen LogP contribution in [-0.2, 0) is 14.9 Å². The molecule has 1 atom stereocenters. The molecule has 1 heterocycles. The number of hydrogen-bond donors (Lipinski definition) is 0. The fourth-order valence-corrected chi connectivity index (χ4v) is 2.62. The van der Waals surface area contributed by atoms with Crippen molar-refractivity contribution in [1.29, 1.82) is 0 Å². The molecule has 1 aromatic carbocycles. The highest BCUT2D eigenvalue weighted by atomic mass is 32.2. The number of hydrogen-bond acceptors (Lipinski definition) is 5. The Morgan fingerprint density at radius 1 is 1.32 bits per heavy atom. The zero-order valence-corrected chi connectivity index (χ0v) is 11.7. The van der Waals surface area contributed by atoms with Gasteiger partial charge in [-0.15, -0.1) is 0 Å². The van der Waals surface area contributed by atoms with Gasteiger partial charge in [0, 0.05) is 0 Å². The topological polar surface area (TPSA) is 65.1 Å². The van der Waals surface area contributed by atoms with Crippen LogP contribution in [0.5, 0.6) is 11.5 Å². The van der Waals surface area contributed by atoms with Crippen LogP contribution in [-0.4, -0.2) is 33.5 Å². The van der Waals surface area contributed by atoms with E-state index in [1.165, 1.54) is 0 Å². The number of para-hydroxylation sites is 2. The highest BCUT2D eigenvalue weighted by Crippen LogP contribution is 2.28. The molecule has 0 aliphatic carbocycles. The van der Waals surface area contributed by atoms with Gasteiger partial charge in [0.2, 0.25) is 0 Å². The Labute approximate surface area is 113 Å². The molecule has 1 aromatic rings. The largest absolute Gasteiger partial charge is 0.487 e. The predicted molar refractivity (Wildman–Crippen MR) is 71.0 cm³/mol. The molecule has 0 saturated carbocycles. The summed E-state index contributed by atoms with van der Waals surface area (Å²) in [5.41, 5.74) is 0. The predicted octanol–water partition coefficient (Wildman–Crippen LogP) is 1.97. The molecule has 1 fully saturated rings. The second-order valence-electron chi connectivity index (χ2n) is 4.41. The molecule has 19 heavy (non-hydrogen) atoms. The molecular weight excluding hydrogens is 268 g/mol. The third kappa shape index (κ3) is 4.72. The van der Waals surface area contributed by atoms with Gasteiger partial charge < -0.3 is 13.7 Å². The van der Waals surface area contributed by atoms with Crippen molar-refractivity contribution >= 4 is 10.1 Å². The van der Waals surface area contributed by atoms with Crippen LogP contribution in [0.15, 0.2) is 24.3 Å². The molecule has 1 saturated heterocycles. The van der Waals surface area contributed by atoms with Gasteiger partial charge in [-0.1, -0.05) is 25.5 Å². The number of rotatable bonds is 8. The molecule has 1 aliphatic heterocycles. The second kappa shape index (κ2) is 6.25. The van der Waals surface area contributed by atoms with E-state index in [9.17, 15) is 8.42 Å². The third-order valence-electron chi connectivity index (χ3n) is 2.64. The molecule has 0 bridgehead atoms. The van der Waals surface area contributed by atoms with Crippen LogP contribution in [0, 0.1) is 0 Å². The van der Waals surface area contributed by atoms with E-state index in [1.54, 1.807) is 24.3 Å². The molecule has 5 nitrogen and oxygen atoms in total. The average Bonchev–Trinajstić information content (AvgIpc) is 3.19. The summed E-state index contributed by atoms with van der Waals surface area (Å²) < 4.78 is 39.1. The van der Waals surface area contributed by atoms with Gasteiger partial charge in [0.15, 0.2) is 11.5 Å². The van der Waals surface area contributed by atoms with Crippen molar-refractivity contribution in [2.45, 2.75) is 25.9 Å². The number of benzene rings is 1. The fraction of sp³-hybridized carbons (Fsp3) is 0.538. The maximum absolute atomic E-state index is 11.8. The van der Waals surface area contributed by atoms with E-state index in [2.05, 4.69) is 0 Å². The summed E-state index contributed by atoms with van der Waals surface area (Å²) in [6.07, 6.45) is 1.51. The highest BCUT2D eigenvalue weighted by molar-refractivity contribution is 7.87. The van der Waals surface area contributed by atoms with Gasteiger partial charge in [-0.2, -0.15) is 8.42 Å². The van der Waals surface area contributed by atoms with E-state index in [1.807, 2.05) is 6.92 Å². The maximum atomic E-state index is 11.8. The Morgan fingerprint density at radius 2 is 2.00 bits per heavy atom. The molecule has 0 aromatic heterocycles. The van der Waals surface area contributed by atoms with Crippen molar-refractivity contribution in [1.82, 2.24) is 0 Å². The minimum atomic E-state index is -3.55. The average molecular weight is 286 g/mol. The Bertz CT molecular complexity index is 508. The van der Waals surface area contributed by atoms with Crippen molar-refractivity contribution in [3.8, 4) is 11.5 Å². The lowest BCUT2D eigenvalue weighted by molar-refractivity contribution is 0.258. The molecule has 2 rings (SSSR count). The van der Waals surface area contributed by atoms with Crippen LogP contribution < -0.4 is 8.92 Å². The van der Waals surface area contributed by atoms with E-state index in [-0.39, 0.29) is 17.6 Å². The lowest BCUT2D eigenvalue weighted by Crippen LogP contribution is -2.14. The van der Waals surface area contributed by atoms with Crippen LogP contribution in [0.1, 0.15) is 19.8 Å². The first-order chi connectivity index (χ1) is 9.11. The van der Waals surface area contributed by atoms with E-state index in [4.69, 9.17) is 13.7 Å². The molecule has 1 aliphatic rings. The summed E-state index contributed by atoms with van der Waals surface area (Å²) in [6.45, 7) is 3.04. The first-order valence-corrected chi connectivity index (χ1v) is 7.94. The van der Waals surface area contributed by atoms with Crippen molar-refractivity contribution in [3.05, 3.63) is 24.3 Å². The monoisotopic (exact) mass is 286 g/mol. The standard InChI is InChI=1S/C13H18O5S/c1-2-3-8-19(14,15)18-13-7-5-4-6-12(13)17-10-11-9-16-11/h4-7,11H,2-3,8-10H2,1H3. The fourth-order valence-electron chi connectivity index (χ4n) is 1.48. The number of ether oxygens (including phenoxy) is 2. The molecule has 0 radical (unpaired) electrons. The Hall–Kier alpha value is -1.27. The summed E-state index contributed by atoms with van der Waals surface area (Å²) in [4.78, 5) is 0. The minimum absolute atomic E-state index is 0.0174. The van der Waals surface area contributed by atoms with Crippen LogP contribution in [0.4, 0.5) is 0 Å². The van der Waals surface area contributed by atoms with Crippen molar-refractivity contribution in [2.24, 2.45) is 0 Å². The van der Waals surface area contributed by atoms with Crippen LogP contribution in [0.25, 0.3) is 0 Å². The molecule has 106 valence electrons. The lowest BCUT2D eigenvalue weighted by atomic mass is 10.3.